The quantitative estimate of drug-likeness (QED) is 0.805. The molecule has 0 radical (unpaired) electrons. The lowest BCUT2D eigenvalue weighted by Gasteiger charge is -2.18. The fourth-order valence-electron chi connectivity index (χ4n) is 1.69. The molecule has 4 heteroatoms. The minimum atomic E-state index is -0.927. The first-order chi connectivity index (χ1) is 8.08. The predicted octanol–water partition coefficient (Wildman–Crippen LogP) is 2.78. The maximum absolute atomic E-state index is 13.0. The van der Waals surface area contributed by atoms with Gasteiger partial charge in [-0.15, -0.1) is 0 Å². The molecule has 0 amide bonds. The van der Waals surface area contributed by atoms with Gasteiger partial charge in [0, 0.05) is 12.6 Å². The first-order valence-corrected chi connectivity index (χ1v) is 5.94. The summed E-state index contributed by atoms with van der Waals surface area (Å²) in [7, 11) is 0. The summed E-state index contributed by atoms with van der Waals surface area (Å²) in [6, 6.07) is 3.81. The van der Waals surface area contributed by atoms with Crippen LogP contribution in [0.5, 0.6) is 0 Å². The van der Waals surface area contributed by atoms with Gasteiger partial charge in [0.05, 0.1) is 6.10 Å². The van der Waals surface area contributed by atoms with Gasteiger partial charge in [-0.2, -0.15) is 0 Å². The summed E-state index contributed by atoms with van der Waals surface area (Å²) in [6.07, 6.45) is 1.13. The highest BCUT2D eigenvalue weighted by molar-refractivity contribution is 5.20. The average Bonchev–Trinajstić information content (AvgIpc) is 2.33. The van der Waals surface area contributed by atoms with Crippen LogP contribution in [0.1, 0.15) is 38.4 Å². The van der Waals surface area contributed by atoms with Gasteiger partial charge < -0.3 is 10.4 Å². The van der Waals surface area contributed by atoms with Crippen molar-refractivity contribution in [2.45, 2.75) is 38.8 Å². The van der Waals surface area contributed by atoms with Gasteiger partial charge in [-0.05, 0) is 30.5 Å². The standard InChI is InChI=1S/C13H19F2NO/c1-3-10(4-2)16-8-13(17)9-5-6-11(14)12(15)7-9/h5-7,10,13,16-17H,3-4,8H2,1-2H3. The van der Waals surface area contributed by atoms with Crippen LogP contribution in [0.3, 0.4) is 0 Å². The topological polar surface area (TPSA) is 32.3 Å². The van der Waals surface area contributed by atoms with E-state index in [4.69, 9.17) is 0 Å². The number of benzene rings is 1. The molecule has 96 valence electrons. The molecule has 2 N–H and O–H groups in total. The molecular formula is C13H19F2NO. The lowest BCUT2D eigenvalue weighted by Crippen LogP contribution is -2.31. The molecule has 1 atom stereocenters. The van der Waals surface area contributed by atoms with E-state index in [9.17, 15) is 13.9 Å². The van der Waals surface area contributed by atoms with E-state index in [2.05, 4.69) is 19.2 Å². The van der Waals surface area contributed by atoms with E-state index in [0.29, 0.717) is 18.2 Å². The Kier molecular flexibility index (Phi) is 5.51. The molecule has 0 aliphatic rings. The minimum Gasteiger partial charge on any atom is -0.387 e. The van der Waals surface area contributed by atoms with Crippen molar-refractivity contribution >= 4 is 0 Å². The van der Waals surface area contributed by atoms with Crippen molar-refractivity contribution in [3.05, 3.63) is 35.4 Å². The minimum absolute atomic E-state index is 0.343. The van der Waals surface area contributed by atoms with Crippen molar-refractivity contribution in [3.63, 3.8) is 0 Å². The largest absolute Gasteiger partial charge is 0.387 e. The third-order valence-electron chi connectivity index (χ3n) is 2.91. The number of nitrogens with one attached hydrogen (secondary N) is 1. The Bertz CT molecular complexity index is 353. The fourth-order valence-corrected chi connectivity index (χ4v) is 1.69. The zero-order chi connectivity index (χ0) is 12.8. The monoisotopic (exact) mass is 243 g/mol. The van der Waals surface area contributed by atoms with Crippen LogP contribution < -0.4 is 5.32 Å². The van der Waals surface area contributed by atoms with Crippen LogP contribution in [-0.2, 0) is 0 Å². The smallest absolute Gasteiger partial charge is 0.159 e. The summed E-state index contributed by atoms with van der Waals surface area (Å²) >= 11 is 0. The normalized spacial score (nSPS) is 13.1. The van der Waals surface area contributed by atoms with Crippen LogP contribution >= 0.6 is 0 Å². The number of halogens is 2. The summed E-state index contributed by atoms with van der Waals surface area (Å²) < 4.78 is 25.7. The van der Waals surface area contributed by atoms with E-state index >= 15 is 0 Å². The van der Waals surface area contributed by atoms with Gasteiger partial charge in [-0.1, -0.05) is 19.9 Å². The number of hydrogen-bond donors (Lipinski definition) is 2. The number of aliphatic hydroxyl groups is 1. The van der Waals surface area contributed by atoms with Gasteiger partial charge >= 0.3 is 0 Å². The molecule has 0 saturated heterocycles. The van der Waals surface area contributed by atoms with E-state index in [-0.39, 0.29) is 0 Å². The Morgan fingerprint density at radius 3 is 2.35 bits per heavy atom. The molecule has 0 aliphatic carbocycles. The maximum atomic E-state index is 13.0. The van der Waals surface area contributed by atoms with E-state index in [1.54, 1.807) is 0 Å². The third-order valence-corrected chi connectivity index (χ3v) is 2.91. The molecular weight excluding hydrogens is 224 g/mol. The molecule has 0 aliphatic heterocycles. The van der Waals surface area contributed by atoms with Crippen LogP contribution in [0, 0.1) is 11.6 Å². The van der Waals surface area contributed by atoms with Crippen molar-refractivity contribution in [2.75, 3.05) is 6.54 Å². The molecule has 0 spiro atoms. The van der Waals surface area contributed by atoms with Crippen molar-refractivity contribution in [1.82, 2.24) is 5.32 Å². The highest BCUT2D eigenvalue weighted by atomic mass is 19.2. The molecule has 0 heterocycles. The molecule has 1 aromatic carbocycles. The highest BCUT2D eigenvalue weighted by Crippen LogP contribution is 2.16. The molecule has 0 aromatic heterocycles. The first kappa shape index (κ1) is 14.1. The third kappa shape index (κ3) is 4.06. The van der Waals surface area contributed by atoms with Crippen LogP contribution in [0.15, 0.2) is 18.2 Å². The second-order valence-electron chi connectivity index (χ2n) is 4.11. The fraction of sp³-hybridized carbons (Fsp3) is 0.538. The SMILES string of the molecule is CCC(CC)NCC(O)c1ccc(F)c(F)c1. The van der Waals surface area contributed by atoms with E-state index in [1.807, 2.05) is 0 Å². The van der Waals surface area contributed by atoms with Crippen molar-refractivity contribution in [3.8, 4) is 0 Å². The number of hydrogen-bond acceptors (Lipinski definition) is 2. The molecule has 1 aromatic rings. The summed E-state index contributed by atoms with van der Waals surface area (Å²) in [5.41, 5.74) is 0.391. The molecule has 17 heavy (non-hydrogen) atoms. The van der Waals surface area contributed by atoms with E-state index < -0.39 is 17.7 Å². The van der Waals surface area contributed by atoms with Crippen LogP contribution in [0.2, 0.25) is 0 Å². The van der Waals surface area contributed by atoms with Gasteiger partial charge in [0.1, 0.15) is 0 Å². The predicted molar refractivity (Wildman–Crippen MR) is 63.7 cm³/mol. The molecule has 2 nitrogen and oxygen atoms in total. The molecule has 0 fully saturated rings. The van der Waals surface area contributed by atoms with Crippen molar-refractivity contribution in [1.29, 1.82) is 0 Å². The Morgan fingerprint density at radius 1 is 1.18 bits per heavy atom. The summed E-state index contributed by atoms with van der Waals surface area (Å²) in [5.74, 6) is -1.82. The second kappa shape index (κ2) is 6.67. The molecule has 0 saturated carbocycles. The van der Waals surface area contributed by atoms with Gasteiger partial charge in [0.2, 0.25) is 0 Å². The summed E-state index contributed by atoms with van der Waals surface area (Å²) in [4.78, 5) is 0. The van der Waals surface area contributed by atoms with Gasteiger partial charge in [-0.3, -0.25) is 0 Å². The maximum Gasteiger partial charge on any atom is 0.159 e. The Balaban J connectivity index is 2.57. The first-order valence-electron chi connectivity index (χ1n) is 5.94. The van der Waals surface area contributed by atoms with Gasteiger partial charge in [0.15, 0.2) is 11.6 Å². The van der Waals surface area contributed by atoms with Gasteiger partial charge in [-0.25, -0.2) is 8.78 Å². The van der Waals surface area contributed by atoms with Crippen LogP contribution in [0.25, 0.3) is 0 Å². The molecule has 1 unspecified atom stereocenters. The zero-order valence-corrected chi connectivity index (χ0v) is 10.2. The van der Waals surface area contributed by atoms with Crippen LogP contribution in [0.4, 0.5) is 8.78 Å². The Hall–Kier alpha value is -1.00. The lowest BCUT2D eigenvalue weighted by molar-refractivity contribution is 0.168. The number of rotatable bonds is 6. The van der Waals surface area contributed by atoms with Gasteiger partial charge in [0.25, 0.3) is 0 Å². The zero-order valence-electron chi connectivity index (χ0n) is 10.2. The Labute approximate surface area is 101 Å². The summed E-state index contributed by atoms with van der Waals surface area (Å²) in [5, 5.41) is 13.0. The molecule has 1 rings (SSSR count). The summed E-state index contributed by atoms with van der Waals surface area (Å²) in [6.45, 7) is 4.47. The average molecular weight is 243 g/mol. The lowest BCUT2D eigenvalue weighted by atomic mass is 10.1. The van der Waals surface area contributed by atoms with E-state index in [1.165, 1.54) is 6.07 Å². The number of aliphatic hydroxyl groups excluding tert-OH is 1. The molecule has 0 bridgehead atoms. The highest BCUT2D eigenvalue weighted by Gasteiger charge is 2.12. The Morgan fingerprint density at radius 2 is 1.82 bits per heavy atom. The second-order valence-corrected chi connectivity index (χ2v) is 4.11. The van der Waals surface area contributed by atoms with E-state index in [0.717, 1.165) is 25.0 Å². The van der Waals surface area contributed by atoms with Crippen molar-refractivity contribution < 1.29 is 13.9 Å². The van der Waals surface area contributed by atoms with Crippen LogP contribution in [-0.4, -0.2) is 17.7 Å². The van der Waals surface area contributed by atoms with Crippen molar-refractivity contribution in [2.24, 2.45) is 0 Å².